The summed E-state index contributed by atoms with van der Waals surface area (Å²) in [7, 11) is 0. The van der Waals surface area contributed by atoms with E-state index < -0.39 is 6.23 Å². The minimum absolute atomic E-state index is 0.0226. The number of likely N-dealkylation sites (tertiary alicyclic amines) is 1. The highest BCUT2D eigenvalue weighted by Gasteiger charge is 2.38. The lowest BCUT2D eigenvalue weighted by Crippen LogP contribution is -2.29. The molecular weight excluding hydrogens is 200 g/mol. The topological polar surface area (TPSA) is 82.0 Å². The Balaban J connectivity index is 2.02. The van der Waals surface area contributed by atoms with Gasteiger partial charge in [0.25, 0.3) is 5.88 Å². The summed E-state index contributed by atoms with van der Waals surface area (Å²) in [5.41, 5.74) is 2.54. The third-order valence-corrected chi connectivity index (χ3v) is 3.03. The highest BCUT2D eigenvalue weighted by Crippen LogP contribution is 2.27. The Morgan fingerprint density at radius 2 is 2.20 bits per heavy atom. The fraction of sp³-hybridized carbons (Fsp3) is 0.778. The van der Waals surface area contributed by atoms with Gasteiger partial charge in [0.05, 0.1) is 6.10 Å². The van der Waals surface area contributed by atoms with E-state index in [1.807, 2.05) is 0 Å². The Kier molecular flexibility index (Phi) is 2.93. The van der Waals surface area contributed by atoms with Crippen molar-refractivity contribution in [3.8, 4) is 0 Å². The first kappa shape index (κ1) is 10.4. The second-order valence-electron chi connectivity index (χ2n) is 3.87. The number of hydrogen-bond acceptors (Lipinski definition) is 6. The van der Waals surface area contributed by atoms with Gasteiger partial charge >= 0.3 is 0 Å². The van der Waals surface area contributed by atoms with Crippen LogP contribution in [0.4, 0.5) is 0 Å². The molecule has 6 heteroatoms. The van der Waals surface area contributed by atoms with Crippen LogP contribution in [0, 0.1) is 5.92 Å². The van der Waals surface area contributed by atoms with Crippen LogP contribution in [0.1, 0.15) is 12.8 Å². The maximum atomic E-state index is 10.3. The molecule has 3 N–H and O–H groups in total. The van der Waals surface area contributed by atoms with Crippen LogP contribution in [-0.4, -0.2) is 46.5 Å². The largest absolute Gasteiger partial charge is 0.487 e. The number of nitrogens with zero attached hydrogens (tertiary/aromatic N) is 1. The maximum Gasteiger partial charge on any atom is 0.275 e. The van der Waals surface area contributed by atoms with Crippen LogP contribution < -0.4 is 5.48 Å². The first-order valence-corrected chi connectivity index (χ1v) is 5.00. The summed E-state index contributed by atoms with van der Waals surface area (Å²) in [6.45, 7) is 1.07. The highest BCUT2D eigenvalue weighted by molar-refractivity contribution is 5.47. The third-order valence-electron chi connectivity index (χ3n) is 3.03. The van der Waals surface area contributed by atoms with Gasteiger partial charge in [-0.3, -0.25) is 4.84 Å². The normalized spacial score (nSPS) is 35.5. The molecule has 2 fully saturated rings. The van der Waals surface area contributed by atoms with E-state index in [9.17, 15) is 15.0 Å². The zero-order chi connectivity index (χ0) is 10.8. The number of hydrogen-bond donors (Lipinski definition) is 3. The molecule has 84 valence electrons. The Hall–Kier alpha value is -1.07. The maximum absolute atomic E-state index is 10.3. The van der Waals surface area contributed by atoms with Crippen LogP contribution in [0.15, 0.2) is 5.88 Å². The van der Waals surface area contributed by atoms with Gasteiger partial charge in [0, 0.05) is 19.0 Å². The molecule has 0 spiro atoms. The Morgan fingerprint density at radius 1 is 1.47 bits per heavy atom. The molecule has 3 atom stereocenters. The second kappa shape index (κ2) is 4.20. The lowest BCUT2D eigenvalue weighted by Gasteiger charge is -2.19. The predicted octanol–water partition coefficient (Wildman–Crippen LogP) is -0.849. The standard InChI is InChI=1S/C9H14N2O4/c12-5-8(13)11-3-1-6-7(2-4-11)15-10-9(6)14/h6-7,9-10,13-14H,1-4H2. The van der Waals surface area contributed by atoms with Gasteiger partial charge in [0.1, 0.15) is 6.23 Å². The van der Waals surface area contributed by atoms with Crippen LogP contribution >= 0.6 is 0 Å². The summed E-state index contributed by atoms with van der Waals surface area (Å²) < 4.78 is 0. The van der Waals surface area contributed by atoms with Crippen molar-refractivity contribution in [2.75, 3.05) is 13.1 Å². The molecule has 6 nitrogen and oxygen atoms in total. The molecule has 15 heavy (non-hydrogen) atoms. The van der Waals surface area contributed by atoms with Gasteiger partial charge in [-0.25, -0.2) is 4.79 Å². The van der Waals surface area contributed by atoms with Gasteiger partial charge in [-0.2, -0.15) is 5.48 Å². The van der Waals surface area contributed by atoms with Gasteiger partial charge in [0.2, 0.25) is 0 Å². The number of hydroxylamine groups is 1. The summed E-state index contributed by atoms with van der Waals surface area (Å²) in [6.07, 6.45) is 0.632. The molecule has 0 saturated carbocycles. The fourth-order valence-corrected chi connectivity index (χ4v) is 2.13. The van der Waals surface area contributed by atoms with Crippen molar-refractivity contribution in [1.82, 2.24) is 10.4 Å². The smallest absolute Gasteiger partial charge is 0.275 e. The first-order chi connectivity index (χ1) is 7.22. The molecule has 0 bridgehead atoms. The summed E-state index contributed by atoms with van der Waals surface area (Å²) in [6, 6.07) is 0. The van der Waals surface area contributed by atoms with Gasteiger partial charge < -0.3 is 15.1 Å². The van der Waals surface area contributed by atoms with E-state index >= 15 is 0 Å². The Labute approximate surface area is 87.1 Å². The van der Waals surface area contributed by atoms with Crippen LogP contribution in [0.5, 0.6) is 0 Å². The molecule has 2 rings (SSSR count). The van der Waals surface area contributed by atoms with Gasteiger partial charge in [0.15, 0.2) is 5.94 Å². The van der Waals surface area contributed by atoms with E-state index in [1.165, 1.54) is 5.94 Å². The number of aliphatic hydroxyl groups is 2. The number of carbonyl (C=O) groups excluding carboxylic acids is 1. The third kappa shape index (κ3) is 1.98. The van der Waals surface area contributed by atoms with E-state index in [4.69, 9.17) is 4.84 Å². The number of rotatable bonds is 1. The van der Waals surface area contributed by atoms with Gasteiger partial charge in [-0.15, -0.1) is 0 Å². The molecule has 0 aliphatic carbocycles. The molecule has 0 radical (unpaired) electrons. The zero-order valence-electron chi connectivity index (χ0n) is 8.22. The van der Waals surface area contributed by atoms with Crippen LogP contribution in [0.2, 0.25) is 0 Å². The van der Waals surface area contributed by atoms with Crippen molar-refractivity contribution in [1.29, 1.82) is 0 Å². The molecule has 0 aromatic carbocycles. The molecule has 0 amide bonds. The highest BCUT2D eigenvalue weighted by atomic mass is 16.7. The van der Waals surface area contributed by atoms with Crippen LogP contribution in [-0.2, 0) is 9.63 Å². The minimum Gasteiger partial charge on any atom is -0.487 e. The molecule has 3 unspecified atom stereocenters. The molecule has 2 aliphatic rings. The van der Waals surface area contributed by atoms with E-state index in [2.05, 4.69) is 5.48 Å². The SMILES string of the molecule is O=C=C(O)N1CCC2ONC(O)C2CC1. The quantitative estimate of drug-likeness (QED) is 0.389. The van der Waals surface area contributed by atoms with Crippen LogP contribution in [0.25, 0.3) is 0 Å². The Bertz CT molecular complexity index is 290. The first-order valence-electron chi connectivity index (χ1n) is 5.00. The second-order valence-corrected chi connectivity index (χ2v) is 3.87. The average Bonchev–Trinajstić information content (AvgIpc) is 2.50. The molecule has 2 heterocycles. The van der Waals surface area contributed by atoms with E-state index in [0.29, 0.717) is 25.9 Å². The summed E-state index contributed by atoms with van der Waals surface area (Å²) >= 11 is 0. The van der Waals surface area contributed by atoms with Crippen molar-refractivity contribution in [2.24, 2.45) is 5.92 Å². The molecule has 2 saturated heterocycles. The zero-order valence-corrected chi connectivity index (χ0v) is 8.22. The van der Waals surface area contributed by atoms with Crippen molar-refractivity contribution in [2.45, 2.75) is 25.2 Å². The van der Waals surface area contributed by atoms with Crippen molar-refractivity contribution in [3.05, 3.63) is 5.88 Å². The fourth-order valence-electron chi connectivity index (χ4n) is 2.13. The van der Waals surface area contributed by atoms with E-state index in [1.54, 1.807) is 4.90 Å². The predicted molar refractivity (Wildman–Crippen MR) is 50.1 cm³/mol. The van der Waals surface area contributed by atoms with Crippen molar-refractivity contribution >= 4 is 5.94 Å². The molecule has 0 aromatic heterocycles. The van der Waals surface area contributed by atoms with Gasteiger partial charge in [-0.1, -0.05) is 0 Å². The minimum atomic E-state index is -0.655. The van der Waals surface area contributed by atoms with Crippen molar-refractivity contribution in [3.63, 3.8) is 0 Å². The molecule has 0 aromatic rings. The number of fused-ring (bicyclic) bond motifs is 1. The van der Waals surface area contributed by atoms with Gasteiger partial charge in [-0.05, 0) is 12.8 Å². The lowest BCUT2D eigenvalue weighted by molar-refractivity contribution is -0.0123. The average molecular weight is 214 g/mol. The molecular formula is C9H14N2O4. The van der Waals surface area contributed by atoms with E-state index in [0.717, 1.165) is 0 Å². The lowest BCUT2D eigenvalue weighted by atomic mass is 9.97. The summed E-state index contributed by atoms with van der Waals surface area (Å²) in [5.74, 6) is 1.13. The van der Waals surface area contributed by atoms with Crippen molar-refractivity contribution < 1.29 is 19.8 Å². The summed E-state index contributed by atoms with van der Waals surface area (Å²) in [5, 5.41) is 18.8. The molecule has 2 aliphatic heterocycles. The number of nitrogens with one attached hydrogen (secondary N) is 1. The van der Waals surface area contributed by atoms with E-state index in [-0.39, 0.29) is 17.9 Å². The number of aliphatic hydroxyl groups excluding tert-OH is 2. The Morgan fingerprint density at radius 3 is 2.93 bits per heavy atom. The monoisotopic (exact) mass is 214 g/mol. The summed E-state index contributed by atoms with van der Waals surface area (Å²) in [4.78, 5) is 17.0. The van der Waals surface area contributed by atoms with Crippen LogP contribution in [0.3, 0.4) is 0 Å².